The maximum atomic E-state index is 13.5. The van der Waals surface area contributed by atoms with Crippen molar-refractivity contribution in [1.82, 2.24) is 29.4 Å². The number of aromatic nitrogens is 5. The van der Waals surface area contributed by atoms with Crippen molar-refractivity contribution in [2.45, 2.75) is 26.2 Å². The third-order valence-electron chi connectivity index (χ3n) is 6.02. The minimum atomic E-state index is 0.0779. The lowest BCUT2D eigenvalue weighted by atomic mass is 10.1. The molecule has 0 radical (unpaired) electrons. The first-order valence-corrected chi connectivity index (χ1v) is 10.8. The second-order valence-electron chi connectivity index (χ2n) is 8.07. The number of Topliss-reactive ketones (excluding diaryl/α,β-unsaturated/α-hetero) is 1. The van der Waals surface area contributed by atoms with Crippen LogP contribution in [0.2, 0.25) is 0 Å². The molecule has 0 saturated carbocycles. The Morgan fingerprint density at radius 1 is 1.09 bits per heavy atom. The van der Waals surface area contributed by atoms with E-state index in [0.29, 0.717) is 29.1 Å². The number of nitrogens with zero attached hydrogens (tertiary/aromatic N) is 7. The predicted octanol–water partition coefficient (Wildman–Crippen LogP) is 4.13. The number of piperidine rings is 1. The van der Waals surface area contributed by atoms with Crippen LogP contribution in [0.25, 0.3) is 27.4 Å². The van der Waals surface area contributed by atoms with Crippen LogP contribution in [0.5, 0.6) is 0 Å². The first kappa shape index (κ1) is 20.1. The third-order valence-corrected chi connectivity index (χ3v) is 6.02. The summed E-state index contributed by atoms with van der Waals surface area (Å²) in [5.74, 6) is 0.691. The average molecular weight is 425 g/mol. The molecular weight excluding hydrogens is 402 g/mol. The Labute approximate surface area is 185 Å². The highest BCUT2D eigenvalue weighted by Crippen LogP contribution is 2.30. The van der Waals surface area contributed by atoms with Gasteiger partial charge in [0, 0.05) is 11.4 Å². The molecule has 8 heteroatoms. The zero-order valence-electron chi connectivity index (χ0n) is 17.9. The second kappa shape index (κ2) is 8.36. The van der Waals surface area contributed by atoms with E-state index in [1.54, 1.807) is 29.2 Å². The van der Waals surface area contributed by atoms with Crippen molar-refractivity contribution in [2.24, 2.45) is 0 Å². The number of carbonyl (C=O) groups excluding carboxylic acids is 1. The molecule has 32 heavy (non-hydrogen) atoms. The standard InChI is InChI=1S/C24H23N7O/c1-17-23(21(32)16-29-13-4-3-5-14-29)24-20(10-11-22(27-24)30-15-12-26-28-30)31(17)19-8-6-18(25-2)7-9-19/h6-12,15H,3-5,13-14,16H2,1H3. The molecule has 8 nitrogen and oxygen atoms in total. The van der Waals surface area contributed by atoms with E-state index in [2.05, 4.69) is 20.1 Å². The fraction of sp³-hybridized carbons (Fsp3) is 0.292. The molecule has 1 aromatic carbocycles. The first-order valence-electron chi connectivity index (χ1n) is 10.8. The van der Waals surface area contributed by atoms with Gasteiger partial charge in [-0.05, 0) is 57.1 Å². The number of hydrogen-bond acceptors (Lipinski definition) is 5. The highest BCUT2D eigenvalue weighted by atomic mass is 16.1. The maximum absolute atomic E-state index is 13.5. The highest BCUT2D eigenvalue weighted by molar-refractivity contribution is 6.09. The Hall–Kier alpha value is -3.83. The van der Waals surface area contributed by atoms with Crippen LogP contribution in [0.3, 0.4) is 0 Å². The van der Waals surface area contributed by atoms with Crippen molar-refractivity contribution in [3.8, 4) is 11.5 Å². The molecule has 0 unspecified atom stereocenters. The average Bonchev–Trinajstić information content (AvgIpc) is 3.45. The summed E-state index contributed by atoms with van der Waals surface area (Å²) < 4.78 is 3.64. The molecule has 1 aliphatic rings. The molecule has 5 rings (SSSR count). The van der Waals surface area contributed by atoms with Gasteiger partial charge in [-0.2, -0.15) is 0 Å². The van der Waals surface area contributed by atoms with Crippen LogP contribution in [0.4, 0.5) is 5.69 Å². The van der Waals surface area contributed by atoms with Gasteiger partial charge in [0.25, 0.3) is 0 Å². The molecule has 0 bridgehead atoms. The largest absolute Gasteiger partial charge is 0.312 e. The molecule has 3 aromatic heterocycles. The Kier molecular flexibility index (Phi) is 5.25. The van der Waals surface area contributed by atoms with Gasteiger partial charge in [-0.25, -0.2) is 14.5 Å². The van der Waals surface area contributed by atoms with E-state index in [1.165, 1.54) is 6.42 Å². The van der Waals surface area contributed by atoms with Crippen molar-refractivity contribution in [3.63, 3.8) is 0 Å². The van der Waals surface area contributed by atoms with Crippen molar-refractivity contribution >= 4 is 22.5 Å². The summed E-state index contributed by atoms with van der Waals surface area (Å²) >= 11 is 0. The molecule has 0 aliphatic carbocycles. The van der Waals surface area contributed by atoms with Gasteiger partial charge < -0.3 is 4.57 Å². The summed E-state index contributed by atoms with van der Waals surface area (Å²) in [7, 11) is 0. The molecule has 4 heterocycles. The molecule has 1 saturated heterocycles. The Morgan fingerprint density at radius 2 is 1.88 bits per heavy atom. The molecular formula is C24H23N7O. The molecule has 1 aliphatic heterocycles. The van der Waals surface area contributed by atoms with E-state index in [0.717, 1.165) is 42.8 Å². The first-order chi connectivity index (χ1) is 15.7. The van der Waals surface area contributed by atoms with Gasteiger partial charge in [0.15, 0.2) is 17.3 Å². The molecule has 0 amide bonds. The van der Waals surface area contributed by atoms with Crippen LogP contribution in [-0.4, -0.2) is 54.9 Å². The van der Waals surface area contributed by atoms with E-state index < -0.39 is 0 Å². The van der Waals surface area contributed by atoms with E-state index in [9.17, 15) is 4.79 Å². The lowest BCUT2D eigenvalue weighted by Gasteiger charge is -2.25. The minimum Gasteiger partial charge on any atom is -0.312 e. The fourth-order valence-corrected chi connectivity index (χ4v) is 4.47. The van der Waals surface area contributed by atoms with Gasteiger partial charge in [0.1, 0.15) is 5.52 Å². The van der Waals surface area contributed by atoms with E-state index in [-0.39, 0.29) is 5.78 Å². The number of pyridine rings is 1. The second-order valence-corrected chi connectivity index (χ2v) is 8.07. The van der Waals surface area contributed by atoms with Crippen LogP contribution in [0.15, 0.2) is 48.8 Å². The van der Waals surface area contributed by atoms with Gasteiger partial charge in [-0.15, -0.1) is 5.10 Å². The number of rotatable bonds is 5. The minimum absolute atomic E-state index is 0.0779. The zero-order valence-corrected chi connectivity index (χ0v) is 17.9. The Morgan fingerprint density at radius 3 is 2.56 bits per heavy atom. The Balaban J connectivity index is 1.65. The SMILES string of the molecule is [C-]#[N+]c1ccc(-n2c(C)c(C(=O)CN3CCCCC3)c3nc(-n4ccnn4)ccc32)cc1. The van der Waals surface area contributed by atoms with Gasteiger partial charge in [-0.3, -0.25) is 9.69 Å². The number of carbonyl (C=O) groups is 1. The number of ketones is 1. The van der Waals surface area contributed by atoms with Crippen LogP contribution >= 0.6 is 0 Å². The smallest absolute Gasteiger partial charge is 0.187 e. The number of hydrogen-bond donors (Lipinski definition) is 0. The highest BCUT2D eigenvalue weighted by Gasteiger charge is 2.25. The van der Waals surface area contributed by atoms with Crippen LogP contribution in [0.1, 0.15) is 35.3 Å². The molecule has 0 N–H and O–H groups in total. The summed E-state index contributed by atoms with van der Waals surface area (Å²) in [4.78, 5) is 24.1. The fourth-order valence-electron chi connectivity index (χ4n) is 4.47. The quantitative estimate of drug-likeness (QED) is 0.355. The lowest BCUT2D eigenvalue weighted by molar-refractivity contribution is 0.0916. The van der Waals surface area contributed by atoms with Gasteiger partial charge in [0.2, 0.25) is 0 Å². The number of benzene rings is 1. The molecule has 4 aromatic rings. The van der Waals surface area contributed by atoms with Gasteiger partial charge in [-0.1, -0.05) is 23.8 Å². The van der Waals surface area contributed by atoms with E-state index >= 15 is 0 Å². The van der Waals surface area contributed by atoms with Crippen molar-refractivity contribution in [1.29, 1.82) is 0 Å². The van der Waals surface area contributed by atoms with Gasteiger partial charge in [0.05, 0.1) is 36.6 Å². The topological polar surface area (TPSA) is 73.2 Å². The molecule has 0 atom stereocenters. The maximum Gasteiger partial charge on any atom is 0.187 e. The predicted molar refractivity (Wildman–Crippen MR) is 122 cm³/mol. The zero-order chi connectivity index (χ0) is 22.1. The summed E-state index contributed by atoms with van der Waals surface area (Å²) in [5.41, 5.74) is 4.47. The normalized spacial score (nSPS) is 14.5. The lowest BCUT2D eigenvalue weighted by Crippen LogP contribution is -2.34. The monoisotopic (exact) mass is 425 g/mol. The molecule has 0 spiro atoms. The van der Waals surface area contributed by atoms with Crippen LogP contribution in [-0.2, 0) is 0 Å². The molecule has 160 valence electrons. The summed E-state index contributed by atoms with van der Waals surface area (Å²) in [6, 6.07) is 11.2. The summed E-state index contributed by atoms with van der Waals surface area (Å²) in [6.07, 6.45) is 6.83. The summed E-state index contributed by atoms with van der Waals surface area (Å²) in [6.45, 7) is 11.5. The summed E-state index contributed by atoms with van der Waals surface area (Å²) in [5, 5.41) is 7.91. The van der Waals surface area contributed by atoms with Gasteiger partial charge >= 0.3 is 0 Å². The van der Waals surface area contributed by atoms with Crippen molar-refractivity contribution < 1.29 is 4.79 Å². The van der Waals surface area contributed by atoms with Crippen molar-refractivity contribution in [3.05, 3.63) is 71.5 Å². The van der Waals surface area contributed by atoms with E-state index in [4.69, 9.17) is 11.6 Å². The van der Waals surface area contributed by atoms with Crippen LogP contribution < -0.4 is 0 Å². The number of likely N-dealkylation sites (tertiary alicyclic amines) is 1. The number of fused-ring (bicyclic) bond motifs is 1. The Bertz CT molecular complexity index is 1310. The van der Waals surface area contributed by atoms with Crippen molar-refractivity contribution in [2.75, 3.05) is 19.6 Å². The van der Waals surface area contributed by atoms with E-state index in [1.807, 2.05) is 35.8 Å². The molecule has 1 fully saturated rings. The van der Waals surface area contributed by atoms with Crippen LogP contribution in [0, 0.1) is 13.5 Å². The third kappa shape index (κ3) is 3.57.